The Labute approximate surface area is 68.0 Å². The Kier molecular flexibility index (Phi) is 4.50. The van der Waals surface area contributed by atoms with Crippen molar-refractivity contribution in [2.45, 2.75) is 19.3 Å². The first-order chi connectivity index (χ1) is 5.43. The second kappa shape index (κ2) is 5.52. The minimum Gasteiger partial charge on any atom is -0.381 e. The number of hydroxylamine groups is 1. The highest BCUT2D eigenvalue weighted by molar-refractivity contribution is 4.63. The minimum absolute atomic E-state index is 0.787. The van der Waals surface area contributed by atoms with Gasteiger partial charge in [0.1, 0.15) is 0 Å². The normalized spacial score (nSPS) is 24.3. The molecule has 0 aliphatic carbocycles. The van der Waals surface area contributed by atoms with E-state index in [9.17, 15) is 0 Å². The molecule has 1 rings (SSSR count). The molecule has 0 bridgehead atoms. The summed E-state index contributed by atoms with van der Waals surface area (Å²) in [5, 5.41) is 0. The van der Waals surface area contributed by atoms with Gasteiger partial charge in [-0.3, -0.25) is 0 Å². The summed E-state index contributed by atoms with van der Waals surface area (Å²) in [6.07, 6.45) is 3.61. The summed E-state index contributed by atoms with van der Waals surface area (Å²) in [6, 6.07) is 0. The predicted molar refractivity (Wildman–Crippen MR) is 43.2 cm³/mol. The lowest BCUT2D eigenvalue weighted by atomic mass is 10.0. The molecular formula is C8H17NO2. The van der Waals surface area contributed by atoms with Crippen LogP contribution in [-0.4, -0.2) is 26.9 Å². The van der Waals surface area contributed by atoms with Gasteiger partial charge >= 0.3 is 0 Å². The van der Waals surface area contributed by atoms with Crippen molar-refractivity contribution in [3.63, 3.8) is 0 Å². The van der Waals surface area contributed by atoms with Crippen molar-refractivity contribution in [3.8, 4) is 0 Å². The van der Waals surface area contributed by atoms with Gasteiger partial charge < -0.3 is 9.57 Å². The topological polar surface area (TPSA) is 30.5 Å². The summed E-state index contributed by atoms with van der Waals surface area (Å²) >= 11 is 0. The highest BCUT2D eigenvalue weighted by Gasteiger charge is 2.14. The zero-order chi connectivity index (χ0) is 7.94. The molecule has 1 N–H and O–H groups in total. The van der Waals surface area contributed by atoms with Crippen molar-refractivity contribution in [2.75, 3.05) is 26.9 Å². The molecule has 1 saturated heterocycles. The van der Waals surface area contributed by atoms with Crippen molar-refractivity contribution < 1.29 is 9.57 Å². The van der Waals surface area contributed by atoms with Crippen LogP contribution >= 0.6 is 0 Å². The summed E-state index contributed by atoms with van der Waals surface area (Å²) in [5.74, 6) is 0.787. The Balaban J connectivity index is 1.86. The molecule has 1 aliphatic rings. The molecule has 0 amide bonds. The van der Waals surface area contributed by atoms with E-state index in [1.165, 1.54) is 12.8 Å². The third-order valence-electron chi connectivity index (χ3n) is 2.03. The fraction of sp³-hybridized carbons (Fsp3) is 1.00. The third kappa shape index (κ3) is 3.70. The maximum absolute atomic E-state index is 5.26. The van der Waals surface area contributed by atoms with Crippen LogP contribution in [0.2, 0.25) is 0 Å². The smallest absolute Gasteiger partial charge is 0.0682 e. The van der Waals surface area contributed by atoms with Gasteiger partial charge in [-0.2, -0.15) is 0 Å². The van der Waals surface area contributed by atoms with Gasteiger partial charge in [0, 0.05) is 20.3 Å². The van der Waals surface area contributed by atoms with Crippen molar-refractivity contribution in [2.24, 2.45) is 5.92 Å². The molecule has 1 unspecified atom stereocenters. The Morgan fingerprint density at radius 3 is 3.18 bits per heavy atom. The molecule has 0 radical (unpaired) electrons. The molecule has 1 aliphatic heterocycles. The van der Waals surface area contributed by atoms with Crippen LogP contribution in [0.5, 0.6) is 0 Å². The molecule has 3 nitrogen and oxygen atoms in total. The Hall–Kier alpha value is -0.120. The number of hydrogen-bond donors (Lipinski definition) is 1. The molecule has 3 heteroatoms. The van der Waals surface area contributed by atoms with E-state index in [0.717, 1.165) is 32.2 Å². The van der Waals surface area contributed by atoms with Crippen molar-refractivity contribution >= 4 is 0 Å². The quantitative estimate of drug-likeness (QED) is 0.478. The van der Waals surface area contributed by atoms with Crippen LogP contribution in [0.4, 0.5) is 0 Å². The number of rotatable bonds is 5. The van der Waals surface area contributed by atoms with Crippen molar-refractivity contribution in [3.05, 3.63) is 0 Å². The van der Waals surface area contributed by atoms with E-state index in [1.807, 2.05) is 0 Å². The van der Waals surface area contributed by atoms with Crippen molar-refractivity contribution in [1.82, 2.24) is 5.48 Å². The highest BCUT2D eigenvalue weighted by Crippen LogP contribution is 2.17. The molecule has 1 atom stereocenters. The van der Waals surface area contributed by atoms with Gasteiger partial charge in [-0.05, 0) is 25.2 Å². The van der Waals surface area contributed by atoms with Crippen LogP contribution in [0.15, 0.2) is 0 Å². The molecule has 1 fully saturated rings. The number of hydrogen-bond acceptors (Lipinski definition) is 3. The Morgan fingerprint density at radius 2 is 2.55 bits per heavy atom. The van der Waals surface area contributed by atoms with Crippen LogP contribution < -0.4 is 5.48 Å². The van der Waals surface area contributed by atoms with Crippen LogP contribution in [0, 0.1) is 5.92 Å². The molecular weight excluding hydrogens is 142 g/mol. The van der Waals surface area contributed by atoms with Gasteiger partial charge in [0.15, 0.2) is 0 Å². The maximum atomic E-state index is 5.26. The van der Waals surface area contributed by atoms with Crippen LogP contribution in [0.3, 0.4) is 0 Å². The van der Waals surface area contributed by atoms with Gasteiger partial charge in [0.2, 0.25) is 0 Å². The lowest BCUT2D eigenvalue weighted by molar-refractivity contribution is 0.0527. The van der Waals surface area contributed by atoms with Crippen molar-refractivity contribution in [1.29, 1.82) is 0 Å². The van der Waals surface area contributed by atoms with E-state index in [4.69, 9.17) is 9.57 Å². The molecule has 0 aromatic rings. The van der Waals surface area contributed by atoms with E-state index in [1.54, 1.807) is 7.05 Å². The number of nitrogens with one attached hydrogen (secondary N) is 1. The zero-order valence-corrected chi connectivity index (χ0v) is 7.14. The molecule has 0 saturated carbocycles. The van der Waals surface area contributed by atoms with E-state index >= 15 is 0 Å². The molecule has 1 heterocycles. The molecule has 0 aromatic carbocycles. The molecule has 11 heavy (non-hydrogen) atoms. The van der Waals surface area contributed by atoms with E-state index < -0.39 is 0 Å². The standard InChI is InChI=1S/C8H17NO2/c1-9-11-5-2-3-8-4-6-10-7-8/h8-9H,2-7H2,1H3. The van der Waals surface area contributed by atoms with E-state index in [0.29, 0.717) is 0 Å². The zero-order valence-electron chi connectivity index (χ0n) is 7.14. The fourth-order valence-corrected chi connectivity index (χ4v) is 1.36. The Morgan fingerprint density at radius 1 is 1.64 bits per heavy atom. The molecule has 0 spiro atoms. The first-order valence-electron chi connectivity index (χ1n) is 4.29. The summed E-state index contributed by atoms with van der Waals surface area (Å²) < 4.78 is 5.26. The first-order valence-corrected chi connectivity index (χ1v) is 4.29. The van der Waals surface area contributed by atoms with Gasteiger partial charge in [-0.1, -0.05) is 0 Å². The van der Waals surface area contributed by atoms with Crippen LogP contribution in [0.25, 0.3) is 0 Å². The van der Waals surface area contributed by atoms with Gasteiger partial charge in [0.25, 0.3) is 0 Å². The average Bonchev–Trinajstić information content (AvgIpc) is 2.50. The fourth-order valence-electron chi connectivity index (χ4n) is 1.36. The van der Waals surface area contributed by atoms with E-state index in [2.05, 4.69) is 5.48 Å². The summed E-state index contributed by atoms with van der Waals surface area (Å²) in [6.45, 7) is 2.73. The lowest BCUT2D eigenvalue weighted by Gasteiger charge is -2.06. The van der Waals surface area contributed by atoms with Crippen LogP contribution in [0.1, 0.15) is 19.3 Å². The number of ether oxygens (including phenoxy) is 1. The van der Waals surface area contributed by atoms with Crippen LogP contribution in [-0.2, 0) is 9.57 Å². The summed E-state index contributed by atoms with van der Waals surface area (Å²) in [7, 11) is 1.79. The lowest BCUT2D eigenvalue weighted by Crippen LogP contribution is -2.09. The predicted octanol–water partition coefficient (Wildman–Crippen LogP) is 0.954. The highest BCUT2D eigenvalue weighted by atomic mass is 16.6. The SMILES string of the molecule is CNOCCCC1CCOC1. The first kappa shape index (κ1) is 8.97. The Bertz CT molecular complexity index is 92.1. The van der Waals surface area contributed by atoms with Gasteiger partial charge in [-0.15, -0.1) is 0 Å². The minimum atomic E-state index is 0.787. The van der Waals surface area contributed by atoms with E-state index in [-0.39, 0.29) is 0 Å². The van der Waals surface area contributed by atoms with Gasteiger partial charge in [-0.25, -0.2) is 5.48 Å². The maximum Gasteiger partial charge on any atom is 0.0682 e. The summed E-state index contributed by atoms with van der Waals surface area (Å²) in [4.78, 5) is 5.00. The average molecular weight is 159 g/mol. The second-order valence-corrected chi connectivity index (χ2v) is 2.92. The summed E-state index contributed by atoms with van der Waals surface area (Å²) in [5.41, 5.74) is 2.66. The molecule has 66 valence electrons. The molecule has 0 aromatic heterocycles. The van der Waals surface area contributed by atoms with Gasteiger partial charge in [0.05, 0.1) is 6.61 Å². The largest absolute Gasteiger partial charge is 0.381 e. The monoisotopic (exact) mass is 159 g/mol. The third-order valence-corrected chi connectivity index (χ3v) is 2.03. The second-order valence-electron chi connectivity index (χ2n) is 2.92.